The summed E-state index contributed by atoms with van der Waals surface area (Å²) in [5.41, 5.74) is 1.25. The molecule has 1 amide bonds. The summed E-state index contributed by atoms with van der Waals surface area (Å²) in [6.45, 7) is 9.52. The predicted octanol–water partition coefficient (Wildman–Crippen LogP) is 5.75. The van der Waals surface area contributed by atoms with Crippen LogP contribution in [-0.2, 0) is 4.74 Å². The molecule has 23 heavy (non-hydrogen) atoms. The number of anilines is 1. The number of ether oxygens (including phenoxy) is 1. The second-order valence-corrected chi connectivity index (χ2v) is 6.49. The molecule has 2 rings (SSSR count). The van der Waals surface area contributed by atoms with Gasteiger partial charge in [0, 0.05) is 0 Å². The second kappa shape index (κ2) is 6.88. The van der Waals surface area contributed by atoms with E-state index in [2.05, 4.69) is 6.58 Å². The molecule has 0 heterocycles. The van der Waals surface area contributed by atoms with E-state index in [9.17, 15) is 4.79 Å². The highest BCUT2D eigenvalue weighted by molar-refractivity contribution is 6.34. The van der Waals surface area contributed by atoms with Crippen molar-refractivity contribution in [1.29, 1.82) is 0 Å². The molecule has 2 aromatic carbocycles. The van der Waals surface area contributed by atoms with Gasteiger partial charge in [-0.3, -0.25) is 0 Å². The van der Waals surface area contributed by atoms with Crippen molar-refractivity contribution in [3.8, 4) is 0 Å². The molecule has 4 heteroatoms. The van der Waals surface area contributed by atoms with Gasteiger partial charge in [0.2, 0.25) is 0 Å². The number of amides is 1. The lowest BCUT2D eigenvalue weighted by molar-refractivity contribution is 0.0600. The van der Waals surface area contributed by atoms with Crippen LogP contribution in [0, 0.1) is 0 Å². The molecule has 0 unspecified atom stereocenters. The number of halogens is 1. The maximum atomic E-state index is 12.7. The molecular weight excluding hydrogens is 310 g/mol. The molecule has 0 radical (unpaired) electrons. The highest BCUT2D eigenvalue weighted by atomic mass is 35.5. The highest BCUT2D eigenvalue weighted by Gasteiger charge is 2.27. The Morgan fingerprint density at radius 1 is 1.04 bits per heavy atom. The average molecular weight is 330 g/mol. The zero-order valence-electron chi connectivity index (χ0n) is 13.5. The third kappa shape index (κ3) is 4.36. The molecule has 0 saturated carbocycles. The maximum Gasteiger partial charge on any atom is 0.419 e. The van der Waals surface area contributed by atoms with Crippen molar-refractivity contribution in [3.05, 3.63) is 71.8 Å². The van der Waals surface area contributed by atoms with Crippen LogP contribution in [0.3, 0.4) is 0 Å². The number of hydrogen-bond acceptors (Lipinski definition) is 2. The Morgan fingerprint density at radius 2 is 1.61 bits per heavy atom. The van der Waals surface area contributed by atoms with E-state index < -0.39 is 11.7 Å². The van der Waals surface area contributed by atoms with E-state index in [0.717, 1.165) is 5.56 Å². The number of carbonyl (C=O) groups is 1. The summed E-state index contributed by atoms with van der Waals surface area (Å²) in [6, 6.07) is 16.6. The molecule has 0 atom stereocenters. The van der Waals surface area contributed by atoms with Crippen molar-refractivity contribution in [2.45, 2.75) is 26.4 Å². The van der Waals surface area contributed by atoms with Gasteiger partial charge in [-0.2, -0.15) is 0 Å². The second-order valence-electron chi connectivity index (χ2n) is 6.08. The molecule has 0 aliphatic rings. The van der Waals surface area contributed by atoms with Gasteiger partial charge in [0.25, 0.3) is 0 Å². The fourth-order valence-electron chi connectivity index (χ4n) is 2.05. The van der Waals surface area contributed by atoms with E-state index in [1.165, 1.54) is 4.90 Å². The Hall–Kier alpha value is -2.26. The van der Waals surface area contributed by atoms with Crippen LogP contribution in [0.15, 0.2) is 61.2 Å². The lowest BCUT2D eigenvalue weighted by Crippen LogP contribution is -2.35. The van der Waals surface area contributed by atoms with Crippen molar-refractivity contribution in [2.75, 3.05) is 4.90 Å². The maximum absolute atomic E-state index is 12.7. The molecule has 0 bridgehead atoms. The molecular formula is C19H20ClNO2. The Labute approximate surface area is 142 Å². The quantitative estimate of drug-likeness (QED) is 0.717. The van der Waals surface area contributed by atoms with Gasteiger partial charge in [-0.15, -0.1) is 0 Å². The Kier molecular flexibility index (Phi) is 5.12. The number of nitrogens with zero attached hydrogens (tertiary/aromatic N) is 1. The number of hydrogen-bond donors (Lipinski definition) is 0. The third-order valence-electron chi connectivity index (χ3n) is 3.05. The topological polar surface area (TPSA) is 29.5 Å². The van der Waals surface area contributed by atoms with Crippen molar-refractivity contribution >= 4 is 29.1 Å². The summed E-state index contributed by atoms with van der Waals surface area (Å²) >= 11 is 6.28. The number of carbonyl (C=O) groups excluding carboxylic acids is 1. The van der Waals surface area contributed by atoms with Crippen molar-refractivity contribution in [2.24, 2.45) is 0 Å². The minimum Gasteiger partial charge on any atom is -0.443 e. The highest BCUT2D eigenvalue weighted by Crippen LogP contribution is 2.32. The van der Waals surface area contributed by atoms with Crippen LogP contribution in [0.5, 0.6) is 0 Å². The van der Waals surface area contributed by atoms with Gasteiger partial charge in [-0.05, 0) is 38.5 Å². The minimum absolute atomic E-state index is 0.454. The first kappa shape index (κ1) is 17.1. The Morgan fingerprint density at radius 3 is 2.17 bits per heavy atom. The molecule has 2 aromatic rings. The number of benzene rings is 2. The van der Waals surface area contributed by atoms with Crippen LogP contribution in [0.1, 0.15) is 26.3 Å². The first-order chi connectivity index (χ1) is 10.8. The minimum atomic E-state index is -0.618. The molecule has 0 aromatic heterocycles. The summed E-state index contributed by atoms with van der Waals surface area (Å²) < 4.78 is 5.52. The Balaban J connectivity index is 2.46. The SMILES string of the molecule is C=C(c1ccccc1)N(C(=O)OC(C)(C)C)c1ccccc1Cl. The number of rotatable bonds is 3. The van der Waals surface area contributed by atoms with E-state index in [0.29, 0.717) is 16.4 Å². The molecule has 120 valence electrons. The van der Waals surface area contributed by atoms with Crippen LogP contribution in [0.4, 0.5) is 10.5 Å². The van der Waals surface area contributed by atoms with E-state index in [-0.39, 0.29) is 0 Å². The van der Waals surface area contributed by atoms with Gasteiger partial charge in [-0.25, -0.2) is 9.69 Å². The summed E-state index contributed by atoms with van der Waals surface area (Å²) in [5, 5.41) is 0.454. The van der Waals surface area contributed by atoms with Gasteiger partial charge >= 0.3 is 6.09 Å². The van der Waals surface area contributed by atoms with Crippen molar-refractivity contribution in [1.82, 2.24) is 0 Å². The van der Waals surface area contributed by atoms with E-state index in [1.54, 1.807) is 12.1 Å². The van der Waals surface area contributed by atoms with Crippen molar-refractivity contribution < 1.29 is 9.53 Å². The Bertz CT molecular complexity index is 705. The van der Waals surface area contributed by atoms with Gasteiger partial charge in [0.1, 0.15) is 5.60 Å². The van der Waals surface area contributed by atoms with Crippen LogP contribution in [0.25, 0.3) is 5.70 Å². The summed E-state index contributed by atoms with van der Waals surface area (Å²) in [4.78, 5) is 14.1. The largest absolute Gasteiger partial charge is 0.443 e. The van der Waals surface area contributed by atoms with E-state index in [1.807, 2.05) is 63.2 Å². The van der Waals surface area contributed by atoms with Crippen molar-refractivity contribution in [3.63, 3.8) is 0 Å². The van der Waals surface area contributed by atoms with Crippen LogP contribution < -0.4 is 4.90 Å². The predicted molar refractivity (Wildman–Crippen MR) is 95.6 cm³/mol. The van der Waals surface area contributed by atoms with Crippen LogP contribution >= 0.6 is 11.6 Å². The average Bonchev–Trinajstić information content (AvgIpc) is 2.48. The summed E-state index contributed by atoms with van der Waals surface area (Å²) in [7, 11) is 0. The molecule has 0 aliphatic heterocycles. The first-order valence-electron chi connectivity index (χ1n) is 7.31. The zero-order valence-corrected chi connectivity index (χ0v) is 14.3. The van der Waals surface area contributed by atoms with Gasteiger partial charge in [0.15, 0.2) is 0 Å². The standard InChI is InChI=1S/C19H20ClNO2/c1-14(15-10-6-5-7-11-15)21(18(22)23-19(2,3)4)17-13-9-8-12-16(17)20/h5-13H,1H2,2-4H3. The fourth-order valence-corrected chi connectivity index (χ4v) is 2.27. The normalized spacial score (nSPS) is 11.0. The van der Waals surface area contributed by atoms with Gasteiger partial charge < -0.3 is 4.74 Å². The van der Waals surface area contributed by atoms with Crippen LogP contribution in [-0.4, -0.2) is 11.7 Å². The lowest BCUT2D eigenvalue weighted by atomic mass is 10.1. The molecule has 0 saturated heterocycles. The smallest absolute Gasteiger partial charge is 0.419 e. The summed E-state index contributed by atoms with van der Waals surface area (Å²) in [5.74, 6) is 0. The molecule has 0 N–H and O–H groups in total. The third-order valence-corrected chi connectivity index (χ3v) is 3.37. The fraction of sp³-hybridized carbons (Fsp3) is 0.211. The van der Waals surface area contributed by atoms with E-state index >= 15 is 0 Å². The van der Waals surface area contributed by atoms with E-state index in [4.69, 9.17) is 16.3 Å². The summed E-state index contributed by atoms with van der Waals surface area (Å²) in [6.07, 6.45) is -0.514. The zero-order chi connectivity index (χ0) is 17.0. The molecule has 3 nitrogen and oxygen atoms in total. The van der Waals surface area contributed by atoms with Crippen LogP contribution in [0.2, 0.25) is 5.02 Å². The monoisotopic (exact) mass is 329 g/mol. The lowest BCUT2D eigenvalue weighted by Gasteiger charge is -2.29. The first-order valence-corrected chi connectivity index (χ1v) is 7.69. The molecule has 0 spiro atoms. The van der Waals surface area contributed by atoms with Gasteiger partial charge in [-0.1, -0.05) is 60.6 Å². The molecule has 0 aliphatic carbocycles. The number of para-hydroxylation sites is 1. The van der Waals surface area contributed by atoms with Gasteiger partial charge in [0.05, 0.1) is 16.4 Å². The molecule has 0 fully saturated rings.